The van der Waals surface area contributed by atoms with Gasteiger partial charge in [-0.15, -0.1) is 0 Å². The fourth-order valence-corrected chi connectivity index (χ4v) is 1.29. The van der Waals surface area contributed by atoms with Gasteiger partial charge in [-0.2, -0.15) is 0 Å². The average Bonchev–Trinajstić information content (AvgIpc) is 2.50. The second-order valence-corrected chi connectivity index (χ2v) is 4.77. The molecule has 0 aromatic heterocycles. The Hall–Kier alpha value is -0.320. The van der Waals surface area contributed by atoms with Crippen LogP contribution in [-0.4, -0.2) is 96.2 Å². The molecular formula is C13H28O8. The normalized spacial score (nSPS) is 17.4. The molecule has 4 atom stereocenters. The van der Waals surface area contributed by atoms with Gasteiger partial charge in [0.05, 0.1) is 52.4 Å². The SMILES string of the molecule is CCC(O)COCC(COCC(O)CO)OCC(O)CO. The monoisotopic (exact) mass is 312 g/mol. The van der Waals surface area contributed by atoms with Gasteiger partial charge in [0.2, 0.25) is 0 Å². The minimum absolute atomic E-state index is 0.0451. The molecule has 0 aliphatic heterocycles. The molecule has 21 heavy (non-hydrogen) atoms. The van der Waals surface area contributed by atoms with E-state index in [-0.39, 0.29) is 33.0 Å². The zero-order chi connectivity index (χ0) is 16.1. The minimum atomic E-state index is -0.989. The van der Waals surface area contributed by atoms with Crippen LogP contribution in [-0.2, 0) is 14.2 Å². The van der Waals surface area contributed by atoms with Gasteiger partial charge in [-0.05, 0) is 6.42 Å². The summed E-state index contributed by atoms with van der Waals surface area (Å²) in [5.74, 6) is 0. The minimum Gasteiger partial charge on any atom is -0.394 e. The van der Waals surface area contributed by atoms with Crippen molar-refractivity contribution in [1.29, 1.82) is 0 Å². The van der Waals surface area contributed by atoms with Crippen molar-refractivity contribution in [2.24, 2.45) is 0 Å². The third kappa shape index (κ3) is 12.0. The summed E-state index contributed by atoms with van der Waals surface area (Å²) in [4.78, 5) is 0. The number of hydrogen-bond donors (Lipinski definition) is 5. The van der Waals surface area contributed by atoms with Crippen molar-refractivity contribution in [3.63, 3.8) is 0 Å². The van der Waals surface area contributed by atoms with Crippen LogP contribution in [0.15, 0.2) is 0 Å². The lowest BCUT2D eigenvalue weighted by atomic mass is 10.3. The molecule has 0 aliphatic carbocycles. The molecule has 0 saturated heterocycles. The van der Waals surface area contributed by atoms with E-state index in [1.165, 1.54) is 0 Å². The van der Waals surface area contributed by atoms with Crippen molar-refractivity contribution in [2.45, 2.75) is 37.8 Å². The molecule has 4 unspecified atom stereocenters. The number of aliphatic hydroxyl groups excluding tert-OH is 5. The lowest BCUT2D eigenvalue weighted by Crippen LogP contribution is -2.33. The molecule has 0 spiro atoms. The Morgan fingerprint density at radius 2 is 1.19 bits per heavy atom. The predicted molar refractivity (Wildman–Crippen MR) is 73.9 cm³/mol. The number of ether oxygens (including phenoxy) is 3. The summed E-state index contributed by atoms with van der Waals surface area (Å²) in [6, 6.07) is 0. The molecule has 5 N–H and O–H groups in total. The van der Waals surface area contributed by atoms with Crippen LogP contribution in [0.25, 0.3) is 0 Å². The van der Waals surface area contributed by atoms with Gasteiger partial charge >= 0.3 is 0 Å². The van der Waals surface area contributed by atoms with Crippen LogP contribution in [0.2, 0.25) is 0 Å². The maximum atomic E-state index is 9.38. The van der Waals surface area contributed by atoms with Crippen LogP contribution in [0.1, 0.15) is 13.3 Å². The fourth-order valence-electron chi connectivity index (χ4n) is 1.29. The summed E-state index contributed by atoms with van der Waals surface area (Å²) in [6.07, 6.45) is -2.44. The highest BCUT2D eigenvalue weighted by molar-refractivity contribution is 4.61. The first kappa shape index (κ1) is 20.7. The van der Waals surface area contributed by atoms with E-state index in [0.29, 0.717) is 6.42 Å². The lowest BCUT2D eigenvalue weighted by molar-refractivity contribution is -0.103. The van der Waals surface area contributed by atoms with Gasteiger partial charge < -0.3 is 39.7 Å². The number of hydrogen-bond acceptors (Lipinski definition) is 8. The molecule has 8 nitrogen and oxygen atoms in total. The number of rotatable bonds is 14. The highest BCUT2D eigenvalue weighted by atomic mass is 16.6. The molecular weight excluding hydrogens is 284 g/mol. The Bertz CT molecular complexity index is 212. The fraction of sp³-hybridized carbons (Fsp3) is 1.00. The Balaban J connectivity index is 4.01. The van der Waals surface area contributed by atoms with Crippen LogP contribution >= 0.6 is 0 Å². The van der Waals surface area contributed by atoms with Crippen molar-refractivity contribution < 1.29 is 39.7 Å². The van der Waals surface area contributed by atoms with Gasteiger partial charge in [0, 0.05) is 0 Å². The van der Waals surface area contributed by atoms with Crippen molar-refractivity contribution in [1.82, 2.24) is 0 Å². The number of aliphatic hydroxyl groups is 5. The molecule has 0 aromatic carbocycles. The van der Waals surface area contributed by atoms with Crippen LogP contribution in [0.3, 0.4) is 0 Å². The Labute approximate surface area is 124 Å². The second-order valence-electron chi connectivity index (χ2n) is 4.77. The van der Waals surface area contributed by atoms with E-state index in [1.54, 1.807) is 0 Å². The molecule has 8 heteroatoms. The van der Waals surface area contributed by atoms with E-state index in [4.69, 9.17) is 29.5 Å². The van der Waals surface area contributed by atoms with Crippen LogP contribution < -0.4 is 0 Å². The summed E-state index contributed by atoms with van der Waals surface area (Å²) in [6.45, 7) is 1.31. The van der Waals surface area contributed by atoms with Gasteiger partial charge in [-0.1, -0.05) is 6.92 Å². The molecule has 0 radical (unpaired) electrons. The summed E-state index contributed by atoms with van der Waals surface area (Å²) in [7, 11) is 0. The quantitative estimate of drug-likeness (QED) is 0.246. The van der Waals surface area contributed by atoms with E-state index in [0.717, 1.165) is 0 Å². The third-order valence-electron chi connectivity index (χ3n) is 2.65. The van der Waals surface area contributed by atoms with E-state index in [1.807, 2.05) is 6.92 Å². The predicted octanol–water partition coefficient (Wildman–Crippen LogP) is -2.12. The zero-order valence-electron chi connectivity index (χ0n) is 12.4. The van der Waals surface area contributed by atoms with E-state index < -0.39 is 37.6 Å². The first-order valence-electron chi connectivity index (χ1n) is 7.06. The van der Waals surface area contributed by atoms with Gasteiger partial charge in [0.25, 0.3) is 0 Å². The van der Waals surface area contributed by atoms with Crippen LogP contribution in [0.4, 0.5) is 0 Å². The molecule has 0 heterocycles. The Morgan fingerprint density at radius 1 is 0.714 bits per heavy atom. The van der Waals surface area contributed by atoms with Gasteiger partial charge in [0.15, 0.2) is 0 Å². The Morgan fingerprint density at radius 3 is 1.67 bits per heavy atom. The summed E-state index contributed by atoms with van der Waals surface area (Å²) >= 11 is 0. The molecule has 128 valence electrons. The molecule has 0 rings (SSSR count). The maximum Gasteiger partial charge on any atom is 0.104 e. The molecule has 0 aliphatic rings. The van der Waals surface area contributed by atoms with Gasteiger partial charge in [-0.3, -0.25) is 0 Å². The van der Waals surface area contributed by atoms with E-state index >= 15 is 0 Å². The smallest absolute Gasteiger partial charge is 0.104 e. The van der Waals surface area contributed by atoms with Crippen molar-refractivity contribution in [3.8, 4) is 0 Å². The Kier molecular flexibility index (Phi) is 13.1. The first-order chi connectivity index (χ1) is 10.0. The standard InChI is InChI=1S/C13H28O8/c1-2-10(16)5-19-8-13(21-7-12(18)4-15)9-20-6-11(17)3-14/h10-18H,2-9H2,1H3. The van der Waals surface area contributed by atoms with Gasteiger partial charge in [-0.25, -0.2) is 0 Å². The van der Waals surface area contributed by atoms with Crippen LogP contribution in [0.5, 0.6) is 0 Å². The van der Waals surface area contributed by atoms with E-state index in [2.05, 4.69) is 0 Å². The summed E-state index contributed by atoms with van der Waals surface area (Å²) < 4.78 is 15.8. The average molecular weight is 312 g/mol. The highest BCUT2D eigenvalue weighted by Gasteiger charge is 2.14. The summed E-state index contributed by atoms with van der Waals surface area (Å²) in [5, 5.41) is 45.2. The topological polar surface area (TPSA) is 129 Å². The van der Waals surface area contributed by atoms with Crippen molar-refractivity contribution in [3.05, 3.63) is 0 Å². The molecule has 0 bridgehead atoms. The first-order valence-corrected chi connectivity index (χ1v) is 7.06. The molecule has 0 amide bonds. The largest absolute Gasteiger partial charge is 0.394 e. The van der Waals surface area contributed by atoms with Crippen molar-refractivity contribution in [2.75, 3.05) is 46.2 Å². The van der Waals surface area contributed by atoms with E-state index in [9.17, 15) is 10.2 Å². The zero-order valence-corrected chi connectivity index (χ0v) is 12.4. The van der Waals surface area contributed by atoms with Crippen molar-refractivity contribution >= 4 is 0 Å². The van der Waals surface area contributed by atoms with Gasteiger partial charge in [0.1, 0.15) is 18.3 Å². The summed E-state index contributed by atoms with van der Waals surface area (Å²) in [5.41, 5.74) is 0. The molecule has 0 fully saturated rings. The second kappa shape index (κ2) is 13.4. The molecule has 0 aromatic rings. The lowest BCUT2D eigenvalue weighted by Gasteiger charge is -2.21. The highest BCUT2D eigenvalue weighted by Crippen LogP contribution is 2.00. The maximum absolute atomic E-state index is 9.38. The molecule has 0 saturated carbocycles. The van der Waals surface area contributed by atoms with Crippen LogP contribution in [0, 0.1) is 0 Å². The third-order valence-corrected chi connectivity index (χ3v) is 2.65.